The summed E-state index contributed by atoms with van der Waals surface area (Å²) in [5.41, 5.74) is 2.20. The van der Waals surface area contributed by atoms with E-state index in [0.717, 1.165) is 6.42 Å². The van der Waals surface area contributed by atoms with Crippen LogP contribution in [0.2, 0.25) is 0 Å². The maximum atomic E-state index is 12.0. The van der Waals surface area contributed by atoms with Crippen LogP contribution < -0.4 is 4.74 Å². The van der Waals surface area contributed by atoms with Gasteiger partial charge in [-0.3, -0.25) is 0 Å². The van der Waals surface area contributed by atoms with E-state index in [0.29, 0.717) is 16.9 Å². The van der Waals surface area contributed by atoms with E-state index in [1.807, 2.05) is 12.1 Å². The highest BCUT2D eigenvalue weighted by molar-refractivity contribution is 7.89. The van der Waals surface area contributed by atoms with Gasteiger partial charge in [-0.15, -0.1) is 0 Å². The number of carbonyl (C=O) groups is 1. The zero-order chi connectivity index (χ0) is 16.2. The van der Waals surface area contributed by atoms with Gasteiger partial charge in [-0.1, -0.05) is 31.2 Å². The molecule has 0 bridgehead atoms. The molecule has 2 aromatic carbocycles. The molecule has 0 N–H and O–H groups in total. The van der Waals surface area contributed by atoms with Crippen molar-refractivity contribution < 1.29 is 17.9 Å². The van der Waals surface area contributed by atoms with Crippen LogP contribution in [0, 0.1) is 0 Å². The van der Waals surface area contributed by atoms with Crippen LogP contribution in [0.3, 0.4) is 0 Å². The first-order chi connectivity index (χ1) is 10.4. The highest BCUT2D eigenvalue weighted by Crippen LogP contribution is 2.15. The number of hydrogen-bond donors (Lipinski definition) is 0. The minimum atomic E-state index is -3.08. The summed E-state index contributed by atoms with van der Waals surface area (Å²) >= 11 is 0. The van der Waals surface area contributed by atoms with Gasteiger partial charge in [0.25, 0.3) is 0 Å². The Morgan fingerprint density at radius 2 is 1.50 bits per heavy atom. The SMILES string of the molecule is CCc1ccc(OC(=O)c2ccc(CS(C)(=O)=O)cc2)cc1. The lowest BCUT2D eigenvalue weighted by molar-refractivity contribution is 0.0734. The van der Waals surface area contributed by atoms with E-state index < -0.39 is 15.8 Å². The predicted octanol–water partition coefficient (Wildman–Crippen LogP) is 3.01. The molecule has 0 saturated heterocycles. The van der Waals surface area contributed by atoms with E-state index in [9.17, 15) is 13.2 Å². The molecule has 0 aromatic heterocycles. The van der Waals surface area contributed by atoms with E-state index >= 15 is 0 Å². The quantitative estimate of drug-likeness (QED) is 0.628. The molecular weight excluding hydrogens is 300 g/mol. The lowest BCUT2D eigenvalue weighted by Gasteiger charge is -2.06. The van der Waals surface area contributed by atoms with Crippen LogP contribution in [-0.4, -0.2) is 20.6 Å². The van der Waals surface area contributed by atoms with Crippen LogP contribution >= 0.6 is 0 Å². The van der Waals surface area contributed by atoms with Crippen LogP contribution in [0.15, 0.2) is 48.5 Å². The molecule has 0 unspecified atom stereocenters. The van der Waals surface area contributed by atoms with Crippen LogP contribution in [0.4, 0.5) is 0 Å². The second-order valence-corrected chi connectivity index (χ2v) is 7.29. The van der Waals surface area contributed by atoms with Crippen LogP contribution in [0.1, 0.15) is 28.4 Å². The van der Waals surface area contributed by atoms with Crippen LogP contribution in [-0.2, 0) is 22.0 Å². The number of ether oxygens (including phenoxy) is 1. The summed E-state index contributed by atoms with van der Waals surface area (Å²) < 4.78 is 27.7. The van der Waals surface area contributed by atoms with Crippen molar-refractivity contribution in [3.63, 3.8) is 0 Å². The highest BCUT2D eigenvalue weighted by atomic mass is 32.2. The molecule has 0 radical (unpaired) electrons. The van der Waals surface area contributed by atoms with Crippen molar-refractivity contribution in [3.8, 4) is 5.75 Å². The minimum Gasteiger partial charge on any atom is -0.423 e. The van der Waals surface area contributed by atoms with Crippen LogP contribution in [0.25, 0.3) is 0 Å². The van der Waals surface area contributed by atoms with Crippen molar-refractivity contribution >= 4 is 15.8 Å². The molecule has 0 aliphatic heterocycles. The highest BCUT2D eigenvalue weighted by Gasteiger charge is 2.10. The van der Waals surface area contributed by atoms with Gasteiger partial charge >= 0.3 is 5.97 Å². The fourth-order valence-corrected chi connectivity index (χ4v) is 2.80. The molecule has 0 heterocycles. The predicted molar refractivity (Wildman–Crippen MR) is 85.8 cm³/mol. The van der Waals surface area contributed by atoms with Crippen molar-refractivity contribution in [2.24, 2.45) is 0 Å². The fraction of sp³-hybridized carbons (Fsp3) is 0.235. The third-order valence-corrected chi connectivity index (χ3v) is 4.02. The number of rotatable bonds is 5. The molecule has 0 spiro atoms. The van der Waals surface area contributed by atoms with Crippen molar-refractivity contribution in [1.82, 2.24) is 0 Å². The van der Waals surface area contributed by atoms with Gasteiger partial charge in [-0.25, -0.2) is 13.2 Å². The first kappa shape index (κ1) is 16.2. The first-order valence-corrected chi connectivity index (χ1v) is 9.01. The molecule has 0 fully saturated rings. The molecule has 0 aliphatic rings. The smallest absolute Gasteiger partial charge is 0.343 e. The van der Waals surface area contributed by atoms with E-state index in [4.69, 9.17) is 4.74 Å². The third kappa shape index (κ3) is 4.70. The standard InChI is InChI=1S/C17H18O4S/c1-3-13-6-10-16(11-7-13)21-17(18)15-8-4-14(5-9-15)12-22(2,19)20/h4-11H,3,12H2,1-2H3. The topological polar surface area (TPSA) is 60.4 Å². The molecule has 22 heavy (non-hydrogen) atoms. The molecule has 5 heteroatoms. The zero-order valence-electron chi connectivity index (χ0n) is 12.6. The van der Waals surface area contributed by atoms with Gasteiger partial charge in [0.15, 0.2) is 9.84 Å². The summed E-state index contributed by atoms with van der Waals surface area (Å²) in [6.45, 7) is 2.05. The van der Waals surface area contributed by atoms with Gasteiger partial charge in [0, 0.05) is 6.26 Å². The van der Waals surface area contributed by atoms with Gasteiger partial charge in [-0.05, 0) is 41.8 Å². The molecule has 2 aromatic rings. The summed E-state index contributed by atoms with van der Waals surface area (Å²) in [7, 11) is -3.08. The Kier molecular flexibility index (Phi) is 4.98. The molecule has 0 aliphatic carbocycles. The molecular formula is C17H18O4S. The van der Waals surface area contributed by atoms with Crippen molar-refractivity contribution in [2.45, 2.75) is 19.1 Å². The van der Waals surface area contributed by atoms with Gasteiger partial charge < -0.3 is 4.74 Å². The van der Waals surface area contributed by atoms with E-state index in [1.54, 1.807) is 36.4 Å². The van der Waals surface area contributed by atoms with E-state index in [1.165, 1.54) is 11.8 Å². The normalized spacial score (nSPS) is 11.2. The zero-order valence-corrected chi connectivity index (χ0v) is 13.4. The number of sulfone groups is 1. The Hall–Kier alpha value is -2.14. The molecule has 4 nitrogen and oxygen atoms in total. The maximum Gasteiger partial charge on any atom is 0.343 e. The summed E-state index contributed by atoms with van der Waals surface area (Å²) in [5, 5.41) is 0. The Labute approximate surface area is 130 Å². The Bertz CT molecular complexity index is 744. The number of aryl methyl sites for hydroxylation is 1. The number of carbonyl (C=O) groups excluding carboxylic acids is 1. The molecule has 0 atom stereocenters. The van der Waals surface area contributed by atoms with Crippen LogP contribution in [0.5, 0.6) is 5.75 Å². The molecule has 2 rings (SSSR count). The van der Waals surface area contributed by atoms with Crippen molar-refractivity contribution in [1.29, 1.82) is 0 Å². The van der Waals surface area contributed by atoms with Gasteiger partial charge in [0.1, 0.15) is 5.75 Å². The summed E-state index contributed by atoms with van der Waals surface area (Å²) in [6, 6.07) is 13.7. The summed E-state index contributed by atoms with van der Waals surface area (Å²) in [6.07, 6.45) is 2.10. The van der Waals surface area contributed by atoms with Gasteiger partial charge in [0.05, 0.1) is 11.3 Å². The number of benzene rings is 2. The average Bonchev–Trinajstić information content (AvgIpc) is 2.47. The largest absolute Gasteiger partial charge is 0.423 e. The minimum absolute atomic E-state index is 0.0409. The van der Waals surface area contributed by atoms with Crippen molar-refractivity contribution in [3.05, 3.63) is 65.2 Å². The Morgan fingerprint density at radius 3 is 2.00 bits per heavy atom. The van der Waals surface area contributed by atoms with E-state index in [2.05, 4.69) is 6.92 Å². The first-order valence-electron chi connectivity index (χ1n) is 6.95. The second kappa shape index (κ2) is 6.75. The molecule has 0 amide bonds. The lowest BCUT2D eigenvalue weighted by atomic mass is 10.1. The van der Waals surface area contributed by atoms with Gasteiger partial charge in [-0.2, -0.15) is 0 Å². The van der Waals surface area contributed by atoms with E-state index in [-0.39, 0.29) is 5.75 Å². The average molecular weight is 318 g/mol. The Morgan fingerprint density at radius 1 is 0.955 bits per heavy atom. The molecule has 116 valence electrons. The monoisotopic (exact) mass is 318 g/mol. The summed E-state index contributed by atoms with van der Waals surface area (Å²) in [5.74, 6) is -0.0153. The van der Waals surface area contributed by atoms with Crippen molar-refractivity contribution in [2.75, 3.05) is 6.26 Å². The third-order valence-electron chi connectivity index (χ3n) is 3.16. The lowest BCUT2D eigenvalue weighted by Crippen LogP contribution is -2.09. The molecule has 0 saturated carbocycles. The fourth-order valence-electron chi connectivity index (χ4n) is 2.00. The number of hydrogen-bond acceptors (Lipinski definition) is 4. The second-order valence-electron chi connectivity index (χ2n) is 5.15. The maximum absolute atomic E-state index is 12.0. The summed E-state index contributed by atoms with van der Waals surface area (Å²) in [4.78, 5) is 12.0. The Balaban J connectivity index is 2.05. The van der Waals surface area contributed by atoms with Gasteiger partial charge in [0.2, 0.25) is 0 Å². The number of esters is 1.